The smallest absolute Gasteiger partial charge is 0.338 e. The van der Waals surface area contributed by atoms with Crippen LogP contribution in [0.25, 0.3) is 11.0 Å². The van der Waals surface area contributed by atoms with Crippen LogP contribution in [0.1, 0.15) is 30.2 Å². The van der Waals surface area contributed by atoms with Crippen molar-refractivity contribution in [3.63, 3.8) is 0 Å². The summed E-state index contributed by atoms with van der Waals surface area (Å²) in [6.07, 6.45) is 2.85. The number of pyridine rings is 1. The van der Waals surface area contributed by atoms with E-state index in [0.29, 0.717) is 11.0 Å². The number of anilines is 1. The van der Waals surface area contributed by atoms with Gasteiger partial charge in [0.2, 0.25) is 0 Å². The highest BCUT2D eigenvalue weighted by Crippen LogP contribution is 2.28. The normalized spacial score (nSPS) is 11.6. The van der Waals surface area contributed by atoms with Crippen LogP contribution >= 0.6 is 0 Å². The Kier molecular flexibility index (Phi) is 5.20. The van der Waals surface area contributed by atoms with Crippen LogP contribution in [-0.4, -0.2) is 41.2 Å². The third kappa shape index (κ3) is 3.87. The molecule has 0 radical (unpaired) electrons. The molecule has 0 saturated heterocycles. The standard InChI is InChI=1S/C17H17N5O6S/c1-10(2)21-16-12(8-19-21)6-13(9-18-16)20-29(26,27)15-5-4-11(17(23)28-3)7-14(15)22(24)25/h4-10,20H,1-3H3. The molecule has 152 valence electrons. The van der Waals surface area contributed by atoms with Crippen LogP contribution in [-0.2, 0) is 14.8 Å². The fourth-order valence-corrected chi connectivity index (χ4v) is 3.90. The monoisotopic (exact) mass is 419 g/mol. The van der Waals surface area contributed by atoms with Gasteiger partial charge in [0.1, 0.15) is 0 Å². The molecule has 12 heteroatoms. The molecule has 0 fully saturated rings. The highest BCUT2D eigenvalue weighted by atomic mass is 32.2. The van der Waals surface area contributed by atoms with Crippen LogP contribution in [0.2, 0.25) is 0 Å². The minimum Gasteiger partial charge on any atom is -0.465 e. The molecular formula is C17H17N5O6S. The SMILES string of the molecule is COC(=O)c1ccc(S(=O)(=O)Nc2cnc3c(cnn3C(C)C)c2)c([N+](=O)[O-])c1. The topological polar surface area (TPSA) is 146 Å². The number of aromatic nitrogens is 3. The second-order valence-electron chi connectivity index (χ2n) is 6.36. The van der Waals surface area contributed by atoms with E-state index in [2.05, 4.69) is 19.5 Å². The maximum atomic E-state index is 12.7. The number of methoxy groups -OCH3 is 1. The van der Waals surface area contributed by atoms with Gasteiger partial charge in [0, 0.05) is 17.5 Å². The van der Waals surface area contributed by atoms with Crippen molar-refractivity contribution in [1.29, 1.82) is 0 Å². The molecule has 11 nitrogen and oxygen atoms in total. The number of nitrogens with one attached hydrogen (secondary N) is 1. The van der Waals surface area contributed by atoms with E-state index in [-0.39, 0.29) is 17.3 Å². The number of benzene rings is 1. The summed E-state index contributed by atoms with van der Waals surface area (Å²) in [5.41, 5.74) is -0.187. The lowest BCUT2D eigenvalue weighted by Crippen LogP contribution is -2.15. The molecule has 0 aliphatic rings. The number of sulfonamides is 1. The van der Waals surface area contributed by atoms with E-state index in [1.54, 1.807) is 10.9 Å². The summed E-state index contributed by atoms with van der Waals surface area (Å²) in [5, 5.41) is 16.2. The van der Waals surface area contributed by atoms with Crippen molar-refractivity contribution < 1.29 is 22.9 Å². The summed E-state index contributed by atoms with van der Waals surface area (Å²) in [7, 11) is -3.21. The molecule has 1 N–H and O–H groups in total. The van der Waals surface area contributed by atoms with Gasteiger partial charge in [-0.1, -0.05) is 0 Å². The molecule has 3 aromatic rings. The van der Waals surface area contributed by atoms with Crippen LogP contribution in [0.3, 0.4) is 0 Å². The summed E-state index contributed by atoms with van der Waals surface area (Å²) in [6, 6.07) is 4.57. The molecule has 0 atom stereocenters. The Morgan fingerprint density at radius 1 is 1.28 bits per heavy atom. The predicted octanol–water partition coefficient (Wildman–Crippen LogP) is 2.51. The van der Waals surface area contributed by atoms with E-state index in [4.69, 9.17) is 0 Å². The van der Waals surface area contributed by atoms with E-state index in [0.717, 1.165) is 25.3 Å². The highest BCUT2D eigenvalue weighted by Gasteiger charge is 2.28. The van der Waals surface area contributed by atoms with Gasteiger partial charge in [-0.3, -0.25) is 14.8 Å². The van der Waals surface area contributed by atoms with Gasteiger partial charge in [-0.05, 0) is 32.0 Å². The van der Waals surface area contributed by atoms with Crippen molar-refractivity contribution in [3.05, 3.63) is 52.3 Å². The molecule has 29 heavy (non-hydrogen) atoms. The Hall–Kier alpha value is -3.54. The van der Waals surface area contributed by atoms with Crippen LogP contribution in [0.15, 0.2) is 41.6 Å². The Bertz CT molecular complexity index is 1220. The summed E-state index contributed by atoms with van der Waals surface area (Å²) in [4.78, 5) is 25.7. The Morgan fingerprint density at radius 3 is 2.62 bits per heavy atom. The zero-order valence-electron chi connectivity index (χ0n) is 15.7. The fraction of sp³-hybridized carbons (Fsp3) is 0.235. The van der Waals surface area contributed by atoms with E-state index in [1.165, 1.54) is 12.3 Å². The molecule has 0 unspecified atom stereocenters. The van der Waals surface area contributed by atoms with Gasteiger partial charge in [0.25, 0.3) is 15.7 Å². The number of hydrogen-bond acceptors (Lipinski definition) is 8. The molecule has 0 amide bonds. The Morgan fingerprint density at radius 2 is 2.00 bits per heavy atom. The third-order valence-electron chi connectivity index (χ3n) is 4.04. The minimum absolute atomic E-state index is 0.0681. The molecule has 2 aromatic heterocycles. The number of nitrogens with zero attached hydrogens (tertiary/aromatic N) is 4. The van der Waals surface area contributed by atoms with Gasteiger partial charge < -0.3 is 4.74 Å². The third-order valence-corrected chi connectivity index (χ3v) is 5.47. The number of esters is 1. The molecule has 0 aliphatic heterocycles. The molecule has 0 aliphatic carbocycles. The molecule has 2 heterocycles. The van der Waals surface area contributed by atoms with E-state index < -0.39 is 31.5 Å². The lowest BCUT2D eigenvalue weighted by Gasteiger charge is -2.10. The quantitative estimate of drug-likeness (QED) is 0.364. The number of rotatable bonds is 6. The number of carbonyl (C=O) groups is 1. The van der Waals surface area contributed by atoms with Gasteiger partial charge in [-0.25, -0.2) is 22.9 Å². The second kappa shape index (κ2) is 7.47. The first-order valence-electron chi connectivity index (χ1n) is 8.37. The molecule has 0 saturated carbocycles. The van der Waals surface area contributed by atoms with Crippen molar-refractivity contribution >= 4 is 38.4 Å². The van der Waals surface area contributed by atoms with Crippen molar-refractivity contribution in [3.8, 4) is 0 Å². The molecule has 0 bridgehead atoms. The van der Waals surface area contributed by atoms with Crippen LogP contribution in [0, 0.1) is 10.1 Å². The van der Waals surface area contributed by atoms with Crippen molar-refractivity contribution in [2.45, 2.75) is 24.8 Å². The lowest BCUT2D eigenvalue weighted by atomic mass is 10.2. The first kappa shape index (κ1) is 20.2. The number of fused-ring (bicyclic) bond motifs is 1. The van der Waals surface area contributed by atoms with Gasteiger partial charge >= 0.3 is 5.97 Å². The van der Waals surface area contributed by atoms with Gasteiger partial charge in [-0.2, -0.15) is 5.10 Å². The molecule has 0 spiro atoms. The second-order valence-corrected chi connectivity index (χ2v) is 8.01. The Balaban J connectivity index is 2.00. The van der Waals surface area contributed by atoms with Crippen molar-refractivity contribution in [2.24, 2.45) is 0 Å². The first-order valence-corrected chi connectivity index (χ1v) is 9.85. The zero-order chi connectivity index (χ0) is 21.3. The number of hydrogen-bond donors (Lipinski definition) is 1. The van der Waals surface area contributed by atoms with E-state index in [9.17, 15) is 23.3 Å². The molecular weight excluding hydrogens is 402 g/mol. The number of nitro benzene ring substituents is 1. The fourth-order valence-electron chi connectivity index (χ4n) is 2.72. The summed E-state index contributed by atoms with van der Waals surface area (Å²) >= 11 is 0. The van der Waals surface area contributed by atoms with Gasteiger partial charge in [0.05, 0.1) is 35.7 Å². The van der Waals surface area contributed by atoms with Crippen LogP contribution < -0.4 is 4.72 Å². The average molecular weight is 419 g/mol. The maximum Gasteiger partial charge on any atom is 0.338 e. The first-order chi connectivity index (χ1) is 13.6. The number of carbonyl (C=O) groups excluding carboxylic acids is 1. The summed E-state index contributed by atoms with van der Waals surface area (Å²) in [5.74, 6) is -0.818. The minimum atomic E-state index is -4.33. The average Bonchev–Trinajstić information content (AvgIpc) is 3.10. The number of ether oxygens (including phenoxy) is 1. The molecule has 3 rings (SSSR count). The largest absolute Gasteiger partial charge is 0.465 e. The van der Waals surface area contributed by atoms with Crippen LogP contribution in [0.5, 0.6) is 0 Å². The van der Waals surface area contributed by atoms with Crippen molar-refractivity contribution in [2.75, 3.05) is 11.8 Å². The predicted molar refractivity (Wildman–Crippen MR) is 103 cm³/mol. The lowest BCUT2D eigenvalue weighted by molar-refractivity contribution is -0.387. The van der Waals surface area contributed by atoms with E-state index >= 15 is 0 Å². The maximum absolute atomic E-state index is 12.7. The van der Waals surface area contributed by atoms with Crippen molar-refractivity contribution in [1.82, 2.24) is 14.8 Å². The molecule has 1 aromatic carbocycles. The summed E-state index contributed by atoms with van der Waals surface area (Å²) in [6.45, 7) is 3.86. The van der Waals surface area contributed by atoms with Gasteiger partial charge in [0.15, 0.2) is 10.5 Å². The summed E-state index contributed by atoms with van der Waals surface area (Å²) < 4.78 is 34.0. The van der Waals surface area contributed by atoms with Crippen LogP contribution in [0.4, 0.5) is 11.4 Å². The zero-order valence-corrected chi connectivity index (χ0v) is 16.5. The van der Waals surface area contributed by atoms with E-state index in [1.807, 2.05) is 13.8 Å². The highest BCUT2D eigenvalue weighted by molar-refractivity contribution is 7.92. The van der Waals surface area contributed by atoms with Gasteiger partial charge in [-0.15, -0.1) is 0 Å². The Labute approximate surface area is 165 Å². The number of nitro groups is 1.